The molecule has 5 nitrogen and oxygen atoms in total. The second kappa shape index (κ2) is 6.10. The van der Waals surface area contributed by atoms with Gasteiger partial charge in [0.05, 0.1) is 20.3 Å². The van der Waals surface area contributed by atoms with Crippen molar-refractivity contribution in [2.45, 2.75) is 13.0 Å². The van der Waals surface area contributed by atoms with Crippen LogP contribution in [0.2, 0.25) is 0 Å². The first-order chi connectivity index (χ1) is 8.10. The summed E-state index contributed by atoms with van der Waals surface area (Å²) >= 11 is 0. The smallest absolute Gasteiger partial charge is 0.258 e. The Hall–Kier alpha value is -1.75. The molecular formula is C12H17NO4. The Bertz CT molecular complexity index is 368. The lowest BCUT2D eigenvalue weighted by atomic mass is 10.1. The van der Waals surface area contributed by atoms with Crippen LogP contribution >= 0.6 is 0 Å². The van der Waals surface area contributed by atoms with E-state index in [-0.39, 0.29) is 12.5 Å². The molecule has 1 aromatic rings. The van der Waals surface area contributed by atoms with E-state index >= 15 is 0 Å². The first kappa shape index (κ1) is 13.3. The van der Waals surface area contributed by atoms with E-state index in [2.05, 4.69) is 5.32 Å². The van der Waals surface area contributed by atoms with E-state index < -0.39 is 6.10 Å². The average molecular weight is 239 g/mol. The van der Waals surface area contributed by atoms with Crippen molar-refractivity contribution in [3.05, 3.63) is 23.8 Å². The summed E-state index contributed by atoms with van der Waals surface area (Å²) in [6.45, 7) is 1.78. The van der Waals surface area contributed by atoms with Crippen molar-refractivity contribution in [2.75, 3.05) is 20.8 Å². The molecule has 0 radical (unpaired) electrons. The maximum Gasteiger partial charge on any atom is 0.258 e. The largest absolute Gasteiger partial charge is 0.496 e. The highest BCUT2D eigenvalue weighted by Gasteiger charge is 2.17. The molecule has 1 rings (SSSR count). The number of carbonyl (C=O) groups excluding carboxylic acids is 1. The monoisotopic (exact) mass is 239 g/mol. The fraction of sp³-hybridized carbons (Fsp3) is 0.417. The second-order valence-corrected chi connectivity index (χ2v) is 3.60. The summed E-state index contributed by atoms with van der Waals surface area (Å²) in [6, 6.07) is 5.10. The van der Waals surface area contributed by atoms with Gasteiger partial charge >= 0.3 is 0 Å². The summed E-state index contributed by atoms with van der Waals surface area (Å²) in [6.07, 6.45) is -0.598. The van der Waals surface area contributed by atoms with E-state index in [4.69, 9.17) is 14.6 Å². The number of aliphatic hydroxyl groups is 1. The molecule has 0 aromatic heterocycles. The standard InChI is InChI=1S/C12H17NO4/c1-8(14)7-13-12(15)11-9(16-2)5-4-6-10(11)17-3/h4-6,8,14H,7H2,1-3H3,(H,13,15)/t8-/m1/s1. The maximum absolute atomic E-state index is 11.9. The van der Waals surface area contributed by atoms with Crippen LogP contribution in [0.15, 0.2) is 18.2 Å². The highest BCUT2D eigenvalue weighted by Crippen LogP contribution is 2.27. The summed E-state index contributed by atoms with van der Waals surface area (Å²) in [7, 11) is 2.97. The van der Waals surface area contributed by atoms with Crippen molar-refractivity contribution in [3.63, 3.8) is 0 Å². The van der Waals surface area contributed by atoms with Gasteiger partial charge in [0.25, 0.3) is 5.91 Å². The summed E-state index contributed by atoms with van der Waals surface area (Å²) in [4.78, 5) is 11.9. The molecule has 0 aliphatic heterocycles. The quantitative estimate of drug-likeness (QED) is 0.798. The van der Waals surface area contributed by atoms with Crippen LogP contribution in [0.1, 0.15) is 17.3 Å². The zero-order valence-corrected chi connectivity index (χ0v) is 10.2. The van der Waals surface area contributed by atoms with Gasteiger partial charge in [0.1, 0.15) is 17.1 Å². The second-order valence-electron chi connectivity index (χ2n) is 3.60. The van der Waals surface area contributed by atoms with Crippen LogP contribution in [0.5, 0.6) is 11.5 Å². The van der Waals surface area contributed by atoms with Gasteiger partial charge in [-0.05, 0) is 19.1 Å². The first-order valence-electron chi connectivity index (χ1n) is 5.27. The predicted octanol–water partition coefficient (Wildman–Crippen LogP) is 0.814. The van der Waals surface area contributed by atoms with E-state index in [0.717, 1.165) is 0 Å². The van der Waals surface area contributed by atoms with Crippen molar-refractivity contribution in [3.8, 4) is 11.5 Å². The molecule has 17 heavy (non-hydrogen) atoms. The molecule has 0 aliphatic rings. The lowest BCUT2D eigenvalue weighted by Gasteiger charge is -2.13. The Kier molecular flexibility index (Phi) is 4.78. The molecule has 5 heteroatoms. The molecule has 0 aliphatic carbocycles. The molecule has 0 heterocycles. The Labute approximate surface area is 100 Å². The zero-order valence-electron chi connectivity index (χ0n) is 10.2. The van der Waals surface area contributed by atoms with Crippen LogP contribution in [-0.4, -0.2) is 37.9 Å². The van der Waals surface area contributed by atoms with Gasteiger partial charge in [0.15, 0.2) is 0 Å². The molecule has 0 spiro atoms. The average Bonchev–Trinajstić information content (AvgIpc) is 2.34. The molecule has 0 saturated carbocycles. The molecular weight excluding hydrogens is 222 g/mol. The third-order valence-electron chi connectivity index (χ3n) is 2.21. The topological polar surface area (TPSA) is 67.8 Å². The maximum atomic E-state index is 11.9. The fourth-order valence-electron chi connectivity index (χ4n) is 1.40. The number of amides is 1. The lowest BCUT2D eigenvalue weighted by Crippen LogP contribution is -2.31. The van der Waals surface area contributed by atoms with Crippen LogP contribution in [0.4, 0.5) is 0 Å². The normalized spacial score (nSPS) is 11.8. The number of nitrogens with one attached hydrogen (secondary N) is 1. The number of ether oxygens (including phenoxy) is 2. The molecule has 0 unspecified atom stereocenters. The molecule has 0 saturated heterocycles. The minimum atomic E-state index is -0.598. The van der Waals surface area contributed by atoms with Gasteiger partial charge in [0.2, 0.25) is 0 Å². The molecule has 0 fully saturated rings. The highest BCUT2D eigenvalue weighted by molar-refractivity contribution is 5.99. The number of hydrogen-bond donors (Lipinski definition) is 2. The minimum absolute atomic E-state index is 0.181. The van der Waals surface area contributed by atoms with Gasteiger partial charge in [-0.15, -0.1) is 0 Å². The van der Waals surface area contributed by atoms with Crippen LogP contribution in [-0.2, 0) is 0 Å². The van der Waals surface area contributed by atoms with Gasteiger partial charge in [0, 0.05) is 6.54 Å². The summed E-state index contributed by atoms with van der Waals surface area (Å²) in [5.74, 6) is 0.542. The zero-order chi connectivity index (χ0) is 12.8. The SMILES string of the molecule is COc1cccc(OC)c1C(=O)NC[C@@H](C)O. The molecule has 0 bridgehead atoms. The molecule has 1 atom stereocenters. The number of carbonyl (C=O) groups is 1. The molecule has 1 amide bonds. The van der Waals surface area contributed by atoms with Gasteiger partial charge in [-0.1, -0.05) is 6.07 Å². The molecule has 94 valence electrons. The molecule has 2 N–H and O–H groups in total. The van der Waals surface area contributed by atoms with Crippen molar-refractivity contribution in [2.24, 2.45) is 0 Å². The Morgan fingerprint density at radius 3 is 2.29 bits per heavy atom. The van der Waals surface area contributed by atoms with E-state index in [1.807, 2.05) is 0 Å². The van der Waals surface area contributed by atoms with Crippen LogP contribution in [0.3, 0.4) is 0 Å². The minimum Gasteiger partial charge on any atom is -0.496 e. The van der Waals surface area contributed by atoms with Crippen molar-refractivity contribution in [1.29, 1.82) is 0 Å². The lowest BCUT2D eigenvalue weighted by molar-refractivity contribution is 0.0918. The van der Waals surface area contributed by atoms with Gasteiger partial charge in [-0.25, -0.2) is 0 Å². The summed E-state index contributed by atoms with van der Waals surface area (Å²) < 4.78 is 10.2. The van der Waals surface area contributed by atoms with E-state index in [1.54, 1.807) is 25.1 Å². The van der Waals surface area contributed by atoms with Crippen molar-refractivity contribution >= 4 is 5.91 Å². The summed E-state index contributed by atoms with van der Waals surface area (Å²) in [5.41, 5.74) is 0.332. The number of hydrogen-bond acceptors (Lipinski definition) is 4. The third kappa shape index (κ3) is 3.35. The van der Waals surface area contributed by atoms with E-state index in [9.17, 15) is 4.79 Å². The van der Waals surface area contributed by atoms with Gasteiger partial charge in [-0.2, -0.15) is 0 Å². The van der Waals surface area contributed by atoms with Crippen LogP contribution in [0.25, 0.3) is 0 Å². The Balaban J connectivity index is 2.97. The Morgan fingerprint density at radius 1 is 1.35 bits per heavy atom. The first-order valence-corrected chi connectivity index (χ1v) is 5.27. The van der Waals surface area contributed by atoms with Crippen molar-refractivity contribution < 1.29 is 19.4 Å². The van der Waals surface area contributed by atoms with E-state index in [1.165, 1.54) is 14.2 Å². The number of benzene rings is 1. The highest BCUT2D eigenvalue weighted by atomic mass is 16.5. The van der Waals surface area contributed by atoms with Gasteiger partial charge < -0.3 is 19.9 Å². The third-order valence-corrected chi connectivity index (χ3v) is 2.21. The van der Waals surface area contributed by atoms with Crippen LogP contribution in [0, 0.1) is 0 Å². The predicted molar refractivity (Wildman–Crippen MR) is 63.6 cm³/mol. The van der Waals surface area contributed by atoms with Crippen LogP contribution < -0.4 is 14.8 Å². The van der Waals surface area contributed by atoms with Gasteiger partial charge in [-0.3, -0.25) is 4.79 Å². The Morgan fingerprint density at radius 2 is 1.88 bits per heavy atom. The summed E-state index contributed by atoms with van der Waals surface area (Å²) in [5, 5.41) is 11.7. The van der Waals surface area contributed by atoms with E-state index in [0.29, 0.717) is 17.1 Å². The number of methoxy groups -OCH3 is 2. The molecule has 1 aromatic carbocycles. The fourth-order valence-corrected chi connectivity index (χ4v) is 1.40. The number of aliphatic hydroxyl groups excluding tert-OH is 1. The van der Waals surface area contributed by atoms with Crippen molar-refractivity contribution in [1.82, 2.24) is 5.32 Å². The number of rotatable bonds is 5.